The van der Waals surface area contributed by atoms with Crippen LogP contribution < -0.4 is 16.0 Å². The molecule has 3 N–H and O–H groups in total. The van der Waals surface area contributed by atoms with Crippen LogP contribution in [0.1, 0.15) is 10.4 Å². The molecule has 3 rings (SSSR count). The van der Waals surface area contributed by atoms with Crippen molar-refractivity contribution < 1.29 is 4.79 Å². The molecule has 120 valence electrons. The van der Waals surface area contributed by atoms with Crippen molar-refractivity contribution in [1.29, 1.82) is 0 Å². The minimum Gasteiger partial charge on any atom is -0.355 e. The first kappa shape index (κ1) is 15.5. The zero-order chi connectivity index (χ0) is 16.8. The third kappa shape index (κ3) is 3.67. The Morgan fingerprint density at radius 3 is 2.46 bits per heavy atom. The van der Waals surface area contributed by atoms with Crippen molar-refractivity contribution in [1.82, 2.24) is 15.3 Å². The number of nitrogens with zero attached hydrogens (tertiary/aromatic N) is 2. The second-order valence-corrected chi connectivity index (χ2v) is 5.02. The van der Waals surface area contributed by atoms with Gasteiger partial charge in [0.05, 0.1) is 11.3 Å². The predicted molar refractivity (Wildman–Crippen MR) is 94.9 cm³/mol. The van der Waals surface area contributed by atoms with Crippen molar-refractivity contribution in [2.45, 2.75) is 0 Å². The van der Waals surface area contributed by atoms with Crippen LogP contribution in [0.15, 0.2) is 67.0 Å². The average Bonchev–Trinajstić information content (AvgIpc) is 2.63. The van der Waals surface area contributed by atoms with E-state index < -0.39 is 0 Å². The Balaban J connectivity index is 1.82. The minimum absolute atomic E-state index is 0.140. The molecule has 0 aliphatic heterocycles. The van der Waals surface area contributed by atoms with Crippen LogP contribution in [0, 0.1) is 0 Å². The van der Waals surface area contributed by atoms with Crippen LogP contribution in [0.2, 0.25) is 0 Å². The zero-order valence-corrected chi connectivity index (χ0v) is 13.2. The van der Waals surface area contributed by atoms with Gasteiger partial charge in [-0.3, -0.25) is 4.79 Å². The number of para-hydroxylation sites is 1. The fourth-order valence-corrected chi connectivity index (χ4v) is 2.22. The molecular formula is C18H17N5O. The lowest BCUT2D eigenvalue weighted by Crippen LogP contribution is -2.19. The number of carbonyl (C=O) groups is 1. The van der Waals surface area contributed by atoms with Gasteiger partial charge in [-0.25, -0.2) is 9.97 Å². The highest BCUT2D eigenvalue weighted by atomic mass is 16.1. The molecular weight excluding hydrogens is 302 g/mol. The van der Waals surface area contributed by atoms with Crippen LogP contribution >= 0.6 is 0 Å². The maximum atomic E-state index is 11.9. The molecule has 0 saturated carbocycles. The molecule has 0 aliphatic carbocycles. The van der Waals surface area contributed by atoms with E-state index in [0.717, 1.165) is 11.4 Å². The van der Waals surface area contributed by atoms with Gasteiger partial charge in [0.2, 0.25) is 0 Å². The Labute approximate surface area is 140 Å². The summed E-state index contributed by atoms with van der Waals surface area (Å²) in [4.78, 5) is 20.4. The van der Waals surface area contributed by atoms with Crippen LogP contribution in [0.25, 0.3) is 0 Å². The quantitative estimate of drug-likeness (QED) is 0.672. The fraction of sp³-hybridized carbons (Fsp3) is 0.0556. The fourth-order valence-electron chi connectivity index (χ4n) is 2.22. The highest BCUT2D eigenvalue weighted by Crippen LogP contribution is 2.23. The topological polar surface area (TPSA) is 78.9 Å². The molecule has 0 saturated heterocycles. The number of nitrogens with one attached hydrogen (secondary N) is 3. The second kappa shape index (κ2) is 7.23. The molecule has 0 aliphatic rings. The van der Waals surface area contributed by atoms with Gasteiger partial charge in [0.1, 0.15) is 11.6 Å². The number of anilines is 4. The van der Waals surface area contributed by atoms with Crippen LogP contribution in [0.3, 0.4) is 0 Å². The molecule has 0 bridgehead atoms. The van der Waals surface area contributed by atoms with E-state index in [1.807, 2.05) is 48.5 Å². The molecule has 0 unspecified atom stereocenters. The number of hydrogen-bond acceptors (Lipinski definition) is 5. The molecule has 2 heterocycles. The third-order valence-electron chi connectivity index (χ3n) is 3.36. The summed E-state index contributed by atoms with van der Waals surface area (Å²) in [7, 11) is 1.61. The number of pyridine rings is 2. The number of hydrogen-bond donors (Lipinski definition) is 3. The van der Waals surface area contributed by atoms with Gasteiger partial charge in [0, 0.05) is 31.2 Å². The zero-order valence-electron chi connectivity index (χ0n) is 13.2. The lowest BCUT2D eigenvalue weighted by atomic mass is 10.1. The second-order valence-electron chi connectivity index (χ2n) is 5.02. The van der Waals surface area contributed by atoms with Gasteiger partial charge in [-0.2, -0.15) is 0 Å². The van der Waals surface area contributed by atoms with E-state index in [1.54, 1.807) is 25.5 Å². The summed E-state index contributed by atoms with van der Waals surface area (Å²) in [6.45, 7) is 0. The molecule has 24 heavy (non-hydrogen) atoms. The average molecular weight is 319 g/mol. The third-order valence-corrected chi connectivity index (χ3v) is 3.36. The van der Waals surface area contributed by atoms with E-state index in [2.05, 4.69) is 25.9 Å². The van der Waals surface area contributed by atoms with Crippen molar-refractivity contribution in [2.75, 3.05) is 17.7 Å². The van der Waals surface area contributed by atoms with Crippen LogP contribution in [0.5, 0.6) is 0 Å². The molecule has 0 radical (unpaired) electrons. The highest BCUT2D eigenvalue weighted by Gasteiger charge is 2.09. The number of amides is 1. The lowest BCUT2D eigenvalue weighted by molar-refractivity contribution is 0.0964. The monoisotopic (exact) mass is 319 g/mol. The predicted octanol–water partition coefficient (Wildman–Crippen LogP) is 3.32. The maximum Gasteiger partial charge on any atom is 0.253 e. The van der Waals surface area contributed by atoms with Crippen LogP contribution in [-0.4, -0.2) is 22.9 Å². The number of benzene rings is 1. The number of rotatable bonds is 5. The first-order valence-corrected chi connectivity index (χ1v) is 7.48. The van der Waals surface area contributed by atoms with Gasteiger partial charge < -0.3 is 16.0 Å². The number of aromatic nitrogens is 2. The Bertz CT molecular complexity index is 836. The standard InChI is InChI=1S/C18H17N5O/c1-19-18(24)14-6-2-3-7-15(14)22-13-9-11-21-17(12-13)23-16-8-4-5-10-20-16/h2-12H,1H3,(H,19,24)(H2,20,21,22,23). The first-order chi connectivity index (χ1) is 11.8. The summed E-state index contributed by atoms with van der Waals surface area (Å²) in [6.07, 6.45) is 3.40. The molecule has 0 fully saturated rings. The van der Waals surface area contributed by atoms with Crippen molar-refractivity contribution in [3.63, 3.8) is 0 Å². The SMILES string of the molecule is CNC(=O)c1ccccc1Nc1ccnc(Nc2ccccn2)c1. The summed E-state index contributed by atoms with van der Waals surface area (Å²) in [6, 6.07) is 16.6. The largest absolute Gasteiger partial charge is 0.355 e. The van der Waals surface area contributed by atoms with E-state index in [9.17, 15) is 4.79 Å². The highest BCUT2D eigenvalue weighted by molar-refractivity contribution is 6.00. The molecule has 0 atom stereocenters. The van der Waals surface area contributed by atoms with E-state index in [0.29, 0.717) is 17.2 Å². The smallest absolute Gasteiger partial charge is 0.253 e. The first-order valence-electron chi connectivity index (χ1n) is 7.48. The van der Waals surface area contributed by atoms with Crippen molar-refractivity contribution in [3.05, 3.63) is 72.6 Å². The van der Waals surface area contributed by atoms with Crippen molar-refractivity contribution in [2.24, 2.45) is 0 Å². The lowest BCUT2D eigenvalue weighted by Gasteiger charge is -2.12. The van der Waals surface area contributed by atoms with Gasteiger partial charge >= 0.3 is 0 Å². The summed E-state index contributed by atoms with van der Waals surface area (Å²) in [5, 5.41) is 9.03. The van der Waals surface area contributed by atoms with Gasteiger partial charge in [0.15, 0.2) is 0 Å². The van der Waals surface area contributed by atoms with E-state index in [1.165, 1.54) is 0 Å². The van der Waals surface area contributed by atoms with E-state index in [4.69, 9.17) is 0 Å². The van der Waals surface area contributed by atoms with E-state index in [-0.39, 0.29) is 5.91 Å². The molecule has 6 heteroatoms. The van der Waals surface area contributed by atoms with Crippen molar-refractivity contribution >= 4 is 28.9 Å². The Hall–Kier alpha value is -3.41. The molecule has 2 aromatic heterocycles. The molecule has 1 aromatic carbocycles. The van der Waals surface area contributed by atoms with Gasteiger partial charge in [-0.05, 0) is 30.3 Å². The molecule has 0 spiro atoms. The Morgan fingerprint density at radius 1 is 0.875 bits per heavy atom. The Morgan fingerprint density at radius 2 is 1.67 bits per heavy atom. The summed E-state index contributed by atoms with van der Waals surface area (Å²) in [5.74, 6) is 1.24. The normalized spacial score (nSPS) is 10.0. The molecule has 3 aromatic rings. The summed E-state index contributed by atoms with van der Waals surface area (Å²) < 4.78 is 0. The van der Waals surface area contributed by atoms with Crippen LogP contribution in [0.4, 0.5) is 23.0 Å². The van der Waals surface area contributed by atoms with Crippen molar-refractivity contribution in [3.8, 4) is 0 Å². The van der Waals surface area contributed by atoms with Crippen LogP contribution in [-0.2, 0) is 0 Å². The Kier molecular flexibility index (Phi) is 4.67. The molecule has 1 amide bonds. The van der Waals surface area contributed by atoms with Gasteiger partial charge in [-0.15, -0.1) is 0 Å². The number of carbonyl (C=O) groups excluding carboxylic acids is 1. The van der Waals surface area contributed by atoms with Gasteiger partial charge in [0.25, 0.3) is 5.91 Å². The van der Waals surface area contributed by atoms with Gasteiger partial charge in [-0.1, -0.05) is 18.2 Å². The summed E-state index contributed by atoms with van der Waals surface area (Å²) >= 11 is 0. The van der Waals surface area contributed by atoms with E-state index >= 15 is 0 Å². The summed E-state index contributed by atoms with van der Waals surface area (Å²) in [5.41, 5.74) is 2.13. The maximum absolute atomic E-state index is 11.9. The molecule has 6 nitrogen and oxygen atoms in total. The minimum atomic E-state index is -0.140.